The Morgan fingerprint density at radius 3 is 2.43 bits per heavy atom. The number of hydrogen-bond acceptors (Lipinski definition) is 9. The van der Waals surface area contributed by atoms with E-state index in [-0.39, 0.29) is 32.4 Å². The van der Waals surface area contributed by atoms with Gasteiger partial charge in [0, 0.05) is 33.4 Å². The highest BCUT2D eigenvalue weighted by atomic mass is 31.2. The van der Waals surface area contributed by atoms with E-state index in [9.17, 15) is 18.9 Å². The second-order valence-electron chi connectivity index (χ2n) is 5.70. The van der Waals surface area contributed by atoms with Gasteiger partial charge in [-0.3, -0.25) is 28.0 Å². The Morgan fingerprint density at radius 1 is 1.21 bits per heavy atom. The van der Waals surface area contributed by atoms with E-state index in [0.29, 0.717) is 6.42 Å². The first-order valence-electron chi connectivity index (χ1n) is 8.70. The molecule has 4 N–H and O–H groups in total. The number of ether oxygens (including phenoxy) is 1. The predicted octanol–water partition coefficient (Wildman–Crippen LogP) is 0.252. The molecule has 0 aliphatic heterocycles. The third kappa shape index (κ3) is 12.6. The SMILES string of the molecule is C=CCOP(=O)(OCCN)OC[C@H](NC(C)=O)C(=O)NCC[C@@H](C)OC(C)=O. The summed E-state index contributed by atoms with van der Waals surface area (Å²) in [5.41, 5.74) is 5.31. The Balaban J connectivity index is 4.78. The van der Waals surface area contributed by atoms with Crippen LogP contribution in [0.1, 0.15) is 27.2 Å². The molecular weight excluding hydrogens is 393 g/mol. The largest absolute Gasteiger partial charge is 0.475 e. The highest BCUT2D eigenvalue weighted by Crippen LogP contribution is 2.49. The van der Waals surface area contributed by atoms with Gasteiger partial charge in [-0.2, -0.15) is 0 Å². The molecule has 0 bridgehead atoms. The summed E-state index contributed by atoms with van der Waals surface area (Å²) >= 11 is 0. The van der Waals surface area contributed by atoms with Crippen molar-refractivity contribution in [3.8, 4) is 0 Å². The van der Waals surface area contributed by atoms with Crippen LogP contribution in [0, 0.1) is 0 Å². The highest BCUT2D eigenvalue weighted by Gasteiger charge is 2.30. The van der Waals surface area contributed by atoms with Crippen molar-refractivity contribution in [3.05, 3.63) is 12.7 Å². The molecule has 28 heavy (non-hydrogen) atoms. The summed E-state index contributed by atoms with van der Waals surface area (Å²) in [7, 11) is -3.99. The number of hydrogen-bond donors (Lipinski definition) is 3. The van der Waals surface area contributed by atoms with Crippen molar-refractivity contribution in [2.24, 2.45) is 5.73 Å². The molecular formula is C16H30N3O8P. The van der Waals surface area contributed by atoms with Crippen molar-refractivity contribution in [1.82, 2.24) is 10.6 Å². The maximum Gasteiger partial charge on any atom is 0.475 e. The average Bonchev–Trinajstić information content (AvgIpc) is 2.61. The lowest BCUT2D eigenvalue weighted by atomic mass is 10.2. The van der Waals surface area contributed by atoms with E-state index in [1.807, 2.05) is 0 Å². The van der Waals surface area contributed by atoms with Crippen molar-refractivity contribution >= 4 is 25.6 Å². The van der Waals surface area contributed by atoms with E-state index in [0.717, 1.165) is 0 Å². The fourth-order valence-corrected chi connectivity index (χ4v) is 3.05. The van der Waals surface area contributed by atoms with Crippen LogP contribution in [0.15, 0.2) is 12.7 Å². The van der Waals surface area contributed by atoms with E-state index in [1.54, 1.807) is 6.92 Å². The predicted molar refractivity (Wildman–Crippen MR) is 101 cm³/mol. The smallest absolute Gasteiger partial charge is 0.463 e. The van der Waals surface area contributed by atoms with E-state index < -0.39 is 38.3 Å². The molecule has 0 aromatic heterocycles. The summed E-state index contributed by atoms with van der Waals surface area (Å²) in [6.07, 6.45) is 1.34. The maximum atomic E-state index is 12.5. The number of phosphoric ester groups is 1. The van der Waals surface area contributed by atoms with Gasteiger partial charge in [-0.05, 0) is 6.92 Å². The van der Waals surface area contributed by atoms with Crippen molar-refractivity contribution in [3.63, 3.8) is 0 Å². The Hall–Kier alpha value is -1.78. The molecule has 0 aliphatic carbocycles. The second kappa shape index (κ2) is 14.3. The molecule has 11 nitrogen and oxygen atoms in total. The van der Waals surface area contributed by atoms with E-state index in [1.165, 1.54) is 19.9 Å². The zero-order valence-electron chi connectivity index (χ0n) is 16.5. The van der Waals surface area contributed by atoms with Crippen LogP contribution in [0.25, 0.3) is 0 Å². The third-order valence-corrected chi connectivity index (χ3v) is 4.46. The molecule has 0 saturated carbocycles. The van der Waals surface area contributed by atoms with Crippen LogP contribution in [0.4, 0.5) is 0 Å². The Bertz CT molecular complexity index is 572. The van der Waals surface area contributed by atoms with Gasteiger partial charge >= 0.3 is 13.8 Å². The number of phosphoric acid groups is 1. The van der Waals surface area contributed by atoms with Gasteiger partial charge in [0.25, 0.3) is 0 Å². The molecule has 2 amide bonds. The maximum absolute atomic E-state index is 12.5. The summed E-state index contributed by atoms with van der Waals surface area (Å²) in [5.74, 6) is -1.47. The second-order valence-corrected chi connectivity index (χ2v) is 7.37. The van der Waals surface area contributed by atoms with Crippen molar-refractivity contribution in [2.75, 3.05) is 32.9 Å². The zero-order chi connectivity index (χ0) is 21.6. The van der Waals surface area contributed by atoms with E-state index in [4.69, 9.17) is 24.0 Å². The molecule has 0 spiro atoms. The summed E-state index contributed by atoms with van der Waals surface area (Å²) in [6, 6.07) is -1.14. The van der Waals surface area contributed by atoms with Gasteiger partial charge in [0.15, 0.2) is 0 Å². The quantitative estimate of drug-likeness (QED) is 0.191. The average molecular weight is 423 g/mol. The monoisotopic (exact) mass is 423 g/mol. The molecule has 12 heteroatoms. The molecule has 0 rings (SSSR count). The topological polar surface area (TPSA) is 155 Å². The lowest BCUT2D eigenvalue weighted by Crippen LogP contribution is -2.49. The Morgan fingerprint density at radius 2 is 1.89 bits per heavy atom. The fraction of sp³-hybridized carbons (Fsp3) is 0.688. The minimum atomic E-state index is -3.99. The number of esters is 1. The van der Waals surface area contributed by atoms with Gasteiger partial charge in [-0.15, -0.1) is 6.58 Å². The van der Waals surface area contributed by atoms with Gasteiger partial charge in [0.2, 0.25) is 11.8 Å². The number of carbonyl (C=O) groups is 3. The molecule has 162 valence electrons. The van der Waals surface area contributed by atoms with Gasteiger partial charge in [0.05, 0.1) is 19.8 Å². The lowest BCUT2D eigenvalue weighted by molar-refractivity contribution is -0.145. The zero-order valence-corrected chi connectivity index (χ0v) is 17.4. The molecule has 0 saturated heterocycles. The molecule has 0 aromatic carbocycles. The Labute approximate surface area is 164 Å². The van der Waals surface area contributed by atoms with Gasteiger partial charge in [-0.1, -0.05) is 6.08 Å². The molecule has 0 aromatic rings. The lowest BCUT2D eigenvalue weighted by Gasteiger charge is -2.22. The molecule has 3 atom stereocenters. The number of nitrogens with one attached hydrogen (secondary N) is 2. The molecule has 0 aliphatic rings. The summed E-state index contributed by atoms with van der Waals surface area (Å²) in [6.45, 7) is 7.27. The van der Waals surface area contributed by atoms with E-state index >= 15 is 0 Å². The van der Waals surface area contributed by atoms with Gasteiger partial charge in [0.1, 0.15) is 12.1 Å². The molecule has 0 fully saturated rings. The first-order chi connectivity index (χ1) is 13.1. The first kappa shape index (κ1) is 26.2. The molecule has 0 heterocycles. The standard InChI is InChI=1S/C16H30N3O8P/c1-5-9-24-28(23,25-10-7-17)26-11-15(19-13(3)20)16(22)18-8-6-12(2)27-14(4)21/h5,12,15H,1,6-11,17H2,2-4H3,(H,18,22)(H,19,20)/t12-,15+,28?/m1/s1. The highest BCUT2D eigenvalue weighted by molar-refractivity contribution is 7.48. The van der Waals surface area contributed by atoms with Crippen molar-refractivity contribution < 1.29 is 37.3 Å². The fourth-order valence-electron chi connectivity index (χ4n) is 1.88. The minimum absolute atomic E-state index is 0.0839. The summed E-state index contributed by atoms with van der Waals surface area (Å²) in [4.78, 5) is 34.5. The van der Waals surface area contributed by atoms with Crippen LogP contribution in [0.2, 0.25) is 0 Å². The van der Waals surface area contributed by atoms with Crippen LogP contribution in [0.5, 0.6) is 0 Å². The van der Waals surface area contributed by atoms with Crippen LogP contribution >= 0.6 is 7.82 Å². The van der Waals surface area contributed by atoms with Gasteiger partial charge in [-0.25, -0.2) is 4.57 Å². The number of nitrogens with two attached hydrogens (primary N) is 1. The number of carbonyl (C=O) groups excluding carboxylic acids is 3. The van der Waals surface area contributed by atoms with Crippen LogP contribution < -0.4 is 16.4 Å². The minimum Gasteiger partial charge on any atom is -0.463 e. The normalized spacial score (nSPS) is 15.0. The number of rotatable bonds is 15. The van der Waals surface area contributed by atoms with Crippen LogP contribution in [-0.2, 0) is 37.3 Å². The van der Waals surface area contributed by atoms with Crippen molar-refractivity contribution in [1.29, 1.82) is 0 Å². The Kier molecular flexibility index (Phi) is 13.3. The van der Waals surface area contributed by atoms with Crippen LogP contribution in [-0.4, -0.2) is 62.8 Å². The molecule has 0 radical (unpaired) electrons. The molecule has 1 unspecified atom stereocenters. The third-order valence-electron chi connectivity index (χ3n) is 3.03. The first-order valence-corrected chi connectivity index (χ1v) is 10.2. The van der Waals surface area contributed by atoms with Gasteiger partial charge < -0.3 is 21.1 Å². The van der Waals surface area contributed by atoms with E-state index in [2.05, 4.69) is 17.2 Å². The van der Waals surface area contributed by atoms with Crippen LogP contribution in [0.3, 0.4) is 0 Å². The number of amides is 2. The summed E-state index contributed by atoms with van der Waals surface area (Å²) < 4.78 is 32.6. The summed E-state index contributed by atoms with van der Waals surface area (Å²) in [5, 5.41) is 4.98. The van der Waals surface area contributed by atoms with Crippen molar-refractivity contribution in [2.45, 2.75) is 39.3 Å².